The maximum atomic E-state index is 9.84. The third kappa shape index (κ3) is 1.42. The maximum absolute atomic E-state index is 9.84. The van der Waals surface area contributed by atoms with E-state index in [2.05, 4.69) is 12.2 Å². The lowest BCUT2D eigenvalue weighted by molar-refractivity contribution is -0.116. The lowest BCUT2D eigenvalue weighted by Gasteiger charge is -2.37. The predicted octanol–water partition coefficient (Wildman–Crippen LogP) is -0.231. The van der Waals surface area contributed by atoms with Gasteiger partial charge in [-0.05, 0) is 0 Å². The van der Waals surface area contributed by atoms with E-state index in [0.717, 1.165) is 26.2 Å². The second-order valence-electron chi connectivity index (χ2n) is 2.80. The molecule has 1 saturated heterocycles. The van der Waals surface area contributed by atoms with Gasteiger partial charge in [0.25, 0.3) is 0 Å². The maximum Gasteiger partial charge on any atom is 0.207 e. The van der Waals surface area contributed by atoms with E-state index in [1.165, 1.54) is 0 Å². The number of rotatable bonds is 3. The van der Waals surface area contributed by atoms with Crippen molar-refractivity contribution in [1.29, 1.82) is 0 Å². The van der Waals surface area contributed by atoms with Crippen LogP contribution in [-0.4, -0.2) is 26.2 Å². The van der Waals surface area contributed by atoms with Crippen LogP contribution >= 0.6 is 0 Å². The Morgan fingerprint density at radius 1 is 1.78 bits per heavy atom. The normalized spacial score (nSPS) is 22.3. The molecule has 1 heterocycles. The molecule has 1 rings (SSSR count). The van der Waals surface area contributed by atoms with Gasteiger partial charge in [0, 0.05) is 12.0 Å². The average Bonchev–Trinajstić information content (AvgIpc) is 1.79. The van der Waals surface area contributed by atoms with Crippen LogP contribution in [0.3, 0.4) is 0 Å². The zero-order valence-corrected chi connectivity index (χ0v) is 5.52. The molecule has 52 valence electrons. The first-order valence-electron chi connectivity index (χ1n) is 3.02. The van der Waals surface area contributed by atoms with E-state index in [1.807, 2.05) is 0 Å². The molecule has 3 nitrogen and oxygen atoms in total. The second kappa shape index (κ2) is 2.35. The van der Waals surface area contributed by atoms with Gasteiger partial charge in [-0.3, -0.25) is 4.79 Å². The summed E-state index contributed by atoms with van der Waals surface area (Å²) in [6.45, 7) is 4.37. The first-order valence-corrected chi connectivity index (χ1v) is 3.02. The first-order chi connectivity index (χ1) is 4.27. The molecule has 0 aromatic rings. The van der Waals surface area contributed by atoms with Crippen LogP contribution < -0.4 is 5.32 Å². The molecule has 0 spiro atoms. The smallest absolute Gasteiger partial charge is 0.207 e. The molecule has 0 unspecified atom stereocenters. The molecular formula is C6H11NO2. The number of amides is 1. The van der Waals surface area contributed by atoms with Gasteiger partial charge in [-0.1, -0.05) is 6.92 Å². The molecule has 0 bridgehead atoms. The van der Waals surface area contributed by atoms with Crippen molar-refractivity contribution >= 4 is 6.41 Å². The summed E-state index contributed by atoms with van der Waals surface area (Å²) in [4.78, 5) is 9.84. The molecule has 1 aliphatic rings. The Balaban J connectivity index is 2.16. The first kappa shape index (κ1) is 6.55. The van der Waals surface area contributed by atoms with Crippen LogP contribution in [0.1, 0.15) is 6.92 Å². The fourth-order valence-corrected chi connectivity index (χ4v) is 0.841. The van der Waals surface area contributed by atoms with Gasteiger partial charge in [0.2, 0.25) is 6.41 Å². The Morgan fingerprint density at radius 2 is 2.44 bits per heavy atom. The van der Waals surface area contributed by atoms with Crippen LogP contribution in [0.2, 0.25) is 0 Å². The van der Waals surface area contributed by atoms with E-state index >= 15 is 0 Å². The summed E-state index contributed by atoms with van der Waals surface area (Å²) in [6.07, 6.45) is 0.726. The van der Waals surface area contributed by atoms with E-state index in [0.29, 0.717) is 0 Å². The number of nitrogens with one attached hydrogen (secondary N) is 1. The summed E-state index contributed by atoms with van der Waals surface area (Å²) in [7, 11) is 0. The zero-order valence-electron chi connectivity index (χ0n) is 5.52. The highest BCUT2D eigenvalue weighted by Crippen LogP contribution is 2.24. The Bertz CT molecular complexity index is 110. The topological polar surface area (TPSA) is 38.3 Å². The average molecular weight is 129 g/mol. The van der Waals surface area contributed by atoms with Crippen LogP contribution in [0.4, 0.5) is 0 Å². The molecule has 1 N–H and O–H groups in total. The SMILES string of the molecule is CC1(CNC=O)COC1. The summed E-state index contributed by atoms with van der Waals surface area (Å²) in [6, 6.07) is 0. The molecule has 1 aliphatic heterocycles. The second-order valence-corrected chi connectivity index (χ2v) is 2.80. The number of hydrogen-bond donors (Lipinski definition) is 1. The molecule has 9 heavy (non-hydrogen) atoms. The van der Waals surface area contributed by atoms with Crippen LogP contribution in [0.15, 0.2) is 0 Å². The van der Waals surface area contributed by atoms with Crippen LogP contribution in [0.25, 0.3) is 0 Å². The van der Waals surface area contributed by atoms with E-state index in [1.54, 1.807) is 0 Å². The molecule has 0 saturated carbocycles. The quantitative estimate of drug-likeness (QED) is 0.534. The molecule has 3 heteroatoms. The van der Waals surface area contributed by atoms with Crippen molar-refractivity contribution in [2.45, 2.75) is 6.92 Å². The predicted molar refractivity (Wildman–Crippen MR) is 33.0 cm³/mol. The van der Waals surface area contributed by atoms with Crippen molar-refractivity contribution in [2.75, 3.05) is 19.8 Å². The van der Waals surface area contributed by atoms with Crippen LogP contribution in [-0.2, 0) is 9.53 Å². The lowest BCUT2D eigenvalue weighted by atomic mass is 9.89. The Hall–Kier alpha value is -0.570. The third-order valence-corrected chi connectivity index (χ3v) is 1.51. The Morgan fingerprint density at radius 3 is 2.78 bits per heavy atom. The molecule has 0 aromatic carbocycles. The number of carbonyl (C=O) groups excluding carboxylic acids is 1. The standard InChI is InChI=1S/C6H11NO2/c1-6(2-7-5-8)3-9-4-6/h5H,2-4H2,1H3,(H,7,8). The fraction of sp³-hybridized carbons (Fsp3) is 0.833. The number of hydrogen-bond acceptors (Lipinski definition) is 2. The van der Waals surface area contributed by atoms with E-state index in [-0.39, 0.29) is 5.41 Å². The summed E-state index contributed by atoms with van der Waals surface area (Å²) in [5.74, 6) is 0. The summed E-state index contributed by atoms with van der Waals surface area (Å²) in [5, 5.41) is 2.63. The highest BCUT2D eigenvalue weighted by molar-refractivity contribution is 5.46. The zero-order chi connectivity index (χ0) is 6.74. The van der Waals surface area contributed by atoms with Crippen molar-refractivity contribution < 1.29 is 9.53 Å². The largest absolute Gasteiger partial charge is 0.380 e. The van der Waals surface area contributed by atoms with Gasteiger partial charge in [-0.15, -0.1) is 0 Å². The van der Waals surface area contributed by atoms with Gasteiger partial charge in [0.15, 0.2) is 0 Å². The minimum atomic E-state index is 0.209. The van der Waals surface area contributed by atoms with Crippen molar-refractivity contribution in [1.82, 2.24) is 5.32 Å². The summed E-state index contributed by atoms with van der Waals surface area (Å²) < 4.78 is 4.98. The van der Waals surface area contributed by atoms with Gasteiger partial charge >= 0.3 is 0 Å². The minimum absolute atomic E-state index is 0.209. The molecule has 0 aliphatic carbocycles. The van der Waals surface area contributed by atoms with Gasteiger partial charge < -0.3 is 10.1 Å². The molecule has 0 atom stereocenters. The van der Waals surface area contributed by atoms with E-state index < -0.39 is 0 Å². The van der Waals surface area contributed by atoms with Gasteiger partial charge in [0.1, 0.15) is 0 Å². The number of ether oxygens (including phenoxy) is 1. The summed E-state index contributed by atoms with van der Waals surface area (Å²) >= 11 is 0. The lowest BCUT2D eigenvalue weighted by Crippen LogP contribution is -2.47. The van der Waals surface area contributed by atoms with E-state index in [4.69, 9.17) is 4.74 Å². The molecule has 0 aromatic heterocycles. The van der Waals surface area contributed by atoms with Crippen molar-refractivity contribution in [3.05, 3.63) is 0 Å². The highest BCUT2D eigenvalue weighted by Gasteiger charge is 2.32. The fourth-order valence-electron chi connectivity index (χ4n) is 0.841. The number of carbonyl (C=O) groups is 1. The molecule has 1 fully saturated rings. The third-order valence-electron chi connectivity index (χ3n) is 1.51. The van der Waals surface area contributed by atoms with E-state index in [9.17, 15) is 4.79 Å². The van der Waals surface area contributed by atoms with Crippen molar-refractivity contribution in [3.63, 3.8) is 0 Å². The molecular weight excluding hydrogens is 118 g/mol. The van der Waals surface area contributed by atoms with Gasteiger partial charge in [0.05, 0.1) is 13.2 Å². The molecule has 0 radical (unpaired) electrons. The highest BCUT2D eigenvalue weighted by atomic mass is 16.5. The minimum Gasteiger partial charge on any atom is -0.380 e. The van der Waals surface area contributed by atoms with Gasteiger partial charge in [-0.2, -0.15) is 0 Å². The van der Waals surface area contributed by atoms with Crippen molar-refractivity contribution in [2.24, 2.45) is 5.41 Å². The molecule has 1 amide bonds. The monoisotopic (exact) mass is 129 g/mol. The Kier molecular flexibility index (Phi) is 1.71. The van der Waals surface area contributed by atoms with Crippen LogP contribution in [0, 0.1) is 5.41 Å². The summed E-state index contributed by atoms with van der Waals surface area (Å²) in [5.41, 5.74) is 0.209. The van der Waals surface area contributed by atoms with Gasteiger partial charge in [-0.25, -0.2) is 0 Å². The van der Waals surface area contributed by atoms with Crippen LogP contribution in [0.5, 0.6) is 0 Å². The Labute approximate surface area is 54.4 Å². The van der Waals surface area contributed by atoms with Crippen molar-refractivity contribution in [3.8, 4) is 0 Å².